The Kier molecular flexibility index (Phi) is 4.29. The van der Waals surface area contributed by atoms with Gasteiger partial charge in [0.25, 0.3) is 5.91 Å². The summed E-state index contributed by atoms with van der Waals surface area (Å²) in [4.78, 5) is 24.9. The van der Waals surface area contributed by atoms with E-state index >= 15 is 0 Å². The van der Waals surface area contributed by atoms with E-state index in [2.05, 4.69) is 21.2 Å². The zero-order valence-corrected chi connectivity index (χ0v) is 13.5. The maximum atomic E-state index is 12.1. The number of carbonyl (C=O) groups is 2. The first kappa shape index (κ1) is 14.8. The van der Waals surface area contributed by atoms with Crippen molar-refractivity contribution in [3.63, 3.8) is 0 Å². The lowest BCUT2D eigenvalue weighted by Gasteiger charge is -2.05. The number of carbonyl (C=O) groups excluding carboxylic acids is 2. The van der Waals surface area contributed by atoms with E-state index < -0.39 is 5.97 Å². The highest BCUT2D eigenvalue weighted by molar-refractivity contribution is 9.10. The monoisotopic (exact) mass is 357 g/mol. The van der Waals surface area contributed by atoms with Crippen molar-refractivity contribution in [2.75, 3.05) is 12.4 Å². The Labute approximate surface area is 128 Å². The highest BCUT2D eigenvalue weighted by Gasteiger charge is 2.23. The largest absolute Gasteiger partial charge is 0.465 e. The van der Waals surface area contributed by atoms with Crippen molar-refractivity contribution in [3.05, 3.63) is 38.6 Å². The highest BCUT2D eigenvalue weighted by atomic mass is 79.9. The van der Waals surface area contributed by atoms with Gasteiger partial charge < -0.3 is 14.5 Å². The van der Waals surface area contributed by atoms with Crippen LogP contribution in [0.15, 0.2) is 21.4 Å². The van der Waals surface area contributed by atoms with E-state index in [0.29, 0.717) is 20.8 Å². The molecule has 0 saturated carbocycles. The van der Waals surface area contributed by atoms with E-state index in [1.165, 1.54) is 24.7 Å². The number of ether oxygens (including phenoxy) is 1. The Bertz CT molecular complexity index is 674. The van der Waals surface area contributed by atoms with Gasteiger partial charge in [-0.05, 0) is 41.4 Å². The first-order valence-corrected chi connectivity index (χ1v) is 7.29. The lowest BCUT2D eigenvalue weighted by molar-refractivity contribution is 0.0601. The highest BCUT2D eigenvalue weighted by Crippen LogP contribution is 2.33. The van der Waals surface area contributed by atoms with Crippen LogP contribution < -0.4 is 5.32 Å². The number of nitrogens with one attached hydrogen (secondary N) is 1. The third-order valence-electron chi connectivity index (χ3n) is 2.86. The smallest absolute Gasteiger partial charge is 0.341 e. The van der Waals surface area contributed by atoms with Crippen LogP contribution in [0.3, 0.4) is 0 Å². The molecule has 0 spiro atoms. The molecule has 0 aliphatic carbocycles. The van der Waals surface area contributed by atoms with Crippen LogP contribution in [0.25, 0.3) is 0 Å². The molecule has 0 bridgehead atoms. The molecule has 0 unspecified atom stereocenters. The van der Waals surface area contributed by atoms with Crippen LogP contribution in [0.5, 0.6) is 0 Å². The molecule has 0 fully saturated rings. The molecule has 0 aliphatic heterocycles. The Balaban J connectivity index is 2.35. The fourth-order valence-electron chi connectivity index (χ4n) is 1.69. The third-order valence-corrected chi connectivity index (χ3v) is 4.60. The molecule has 2 aromatic heterocycles. The molecule has 0 saturated heterocycles. The van der Waals surface area contributed by atoms with E-state index in [0.717, 1.165) is 10.4 Å². The number of aryl methyl sites for hydroxylation is 1. The molecule has 0 radical (unpaired) electrons. The van der Waals surface area contributed by atoms with Crippen molar-refractivity contribution in [1.29, 1.82) is 0 Å². The van der Waals surface area contributed by atoms with Crippen molar-refractivity contribution < 1.29 is 18.7 Å². The second-order valence-electron chi connectivity index (χ2n) is 4.04. The topological polar surface area (TPSA) is 68.5 Å². The lowest BCUT2D eigenvalue weighted by Crippen LogP contribution is -2.14. The van der Waals surface area contributed by atoms with Crippen molar-refractivity contribution in [2.45, 2.75) is 13.8 Å². The summed E-state index contributed by atoms with van der Waals surface area (Å²) < 4.78 is 10.1. The zero-order chi connectivity index (χ0) is 14.9. The summed E-state index contributed by atoms with van der Waals surface area (Å²) in [6.45, 7) is 3.71. The summed E-state index contributed by atoms with van der Waals surface area (Å²) in [5.41, 5.74) is 1.57. The Morgan fingerprint density at radius 2 is 2.10 bits per heavy atom. The van der Waals surface area contributed by atoms with Gasteiger partial charge in [0.15, 0.2) is 4.67 Å². The predicted octanol–water partition coefficient (Wildman–Crippen LogP) is 3.76. The third kappa shape index (κ3) is 2.64. The minimum absolute atomic E-state index is 0.347. The molecule has 1 N–H and O–H groups in total. The molecule has 0 aliphatic rings. The number of thiophene rings is 1. The quantitative estimate of drug-likeness (QED) is 0.849. The SMILES string of the molecule is COC(=O)c1c(NC(=O)c2ccoc2Br)sc(C)c1C. The first-order valence-electron chi connectivity index (χ1n) is 5.68. The lowest BCUT2D eigenvalue weighted by atomic mass is 10.1. The first-order chi connectivity index (χ1) is 9.45. The molecule has 20 heavy (non-hydrogen) atoms. The second-order valence-corrected chi connectivity index (χ2v) is 5.99. The molecule has 1 amide bonds. The maximum Gasteiger partial charge on any atom is 0.341 e. The minimum atomic E-state index is -0.464. The summed E-state index contributed by atoms with van der Waals surface area (Å²) in [7, 11) is 1.31. The molecule has 0 aromatic carbocycles. The number of rotatable bonds is 3. The average molecular weight is 358 g/mol. The van der Waals surface area contributed by atoms with Crippen molar-refractivity contribution in [1.82, 2.24) is 0 Å². The number of halogens is 1. The van der Waals surface area contributed by atoms with E-state index in [1.54, 1.807) is 6.07 Å². The molecular weight excluding hydrogens is 346 g/mol. The van der Waals surface area contributed by atoms with Crippen molar-refractivity contribution >= 4 is 44.1 Å². The molecular formula is C13H12BrNO4S. The molecule has 5 nitrogen and oxygen atoms in total. The number of methoxy groups -OCH3 is 1. The Morgan fingerprint density at radius 3 is 2.65 bits per heavy atom. The molecule has 106 valence electrons. The van der Waals surface area contributed by atoms with Gasteiger partial charge in [-0.1, -0.05) is 0 Å². The van der Waals surface area contributed by atoms with Crippen LogP contribution in [0.2, 0.25) is 0 Å². The van der Waals surface area contributed by atoms with Gasteiger partial charge in [-0.25, -0.2) is 4.79 Å². The number of hydrogen-bond donors (Lipinski definition) is 1. The van der Waals surface area contributed by atoms with Gasteiger partial charge in [0.2, 0.25) is 0 Å². The normalized spacial score (nSPS) is 10.4. The number of hydrogen-bond acceptors (Lipinski definition) is 5. The van der Waals surface area contributed by atoms with Crippen molar-refractivity contribution in [2.24, 2.45) is 0 Å². The Morgan fingerprint density at radius 1 is 1.40 bits per heavy atom. The molecule has 2 aromatic rings. The van der Waals surface area contributed by atoms with Gasteiger partial charge in [0, 0.05) is 4.88 Å². The van der Waals surface area contributed by atoms with Gasteiger partial charge in [-0.3, -0.25) is 4.79 Å². The zero-order valence-electron chi connectivity index (χ0n) is 11.1. The molecule has 7 heteroatoms. The number of amides is 1. The van der Waals surface area contributed by atoms with Gasteiger partial charge in [-0.2, -0.15) is 0 Å². The Hall–Kier alpha value is -1.60. The van der Waals surface area contributed by atoms with Crippen molar-refractivity contribution in [3.8, 4) is 0 Å². The van der Waals surface area contributed by atoms with Crippen LogP contribution in [-0.2, 0) is 4.74 Å². The van der Waals surface area contributed by atoms with E-state index in [-0.39, 0.29) is 5.91 Å². The van der Waals surface area contributed by atoms with Gasteiger partial charge in [-0.15, -0.1) is 11.3 Å². The van der Waals surface area contributed by atoms with Gasteiger partial charge >= 0.3 is 5.97 Å². The fourth-order valence-corrected chi connectivity index (χ4v) is 3.15. The average Bonchev–Trinajstić information content (AvgIpc) is 2.94. The number of anilines is 1. The van der Waals surface area contributed by atoms with Gasteiger partial charge in [0.1, 0.15) is 5.00 Å². The van der Waals surface area contributed by atoms with Crippen LogP contribution in [0.1, 0.15) is 31.2 Å². The summed E-state index contributed by atoms with van der Waals surface area (Å²) in [5.74, 6) is -0.814. The summed E-state index contributed by atoms with van der Waals surface area (Å²) in [5, 5.41) is 3.20. The fraction of sp³-hybridized carbons (Fsp3) is 0.231. The molecule has 2 rings (SSSR count). The second kappa shape index (κ2) is 5.80. The van der Waals surface area contributed by atoms with E-state index in [1.807, 2.05) is 13.8 Å². The maximum absolute atomic E-state index is 12.1. The standard InChI is InChI=1S/C13H12BrNO4S/c1-6-7(2)20-12(9(6)13(17)18-3)15-11(16)8-4-5-19-10(8)14/h4-5H,1-3H3,(H,15,16). The van der Waals surface area contributed by atoms with E-state index in [4.69, 9.17) is 9.15 Å². The van der Waals surface area contributed by atoms with Crippen LogP contribution in [0.4, 0.5) is 5.00 Å². The number of esters is 1. The van der Waals surface area contributed by atoms with Crippen LogP contribution in [-0.4, -0.2) is 19.0 Å². The molecule has 0 atom stereocenters. The summed E-state index contributed by atoms with van der Waals surface area (Å²) in [6.07, 6.45) is 1.41. The molecule has 2 heterocycles. The minimum Gasteiger partial charge on any atom is -0.465 e. The number of furan rings is 1. The summed E-state index contributed by atoms with van der Waals surface area (Å²) >= 11 is 4.48. The predicted molar refractivity (Wildman–Crippen MR) is 79.5 cm³/mol. The van der Waals surface area contributed by atoms with Crippen LogP contribution >= 0.6 is 27.3 Å². The summed E-state index contributed by atoms with van der Waals surface area (Å²) in [6, 6.07) is 1.55. The van der Waals surface area contributed by atoms with Gasteiger partial charge in [0.05, 0.1) is 24.5 Å². The van der Waals surface area contributed by atoms with Crippen LogP contribution in [0, 0.1) is 13.8 Å². The van der Waals surface area contributed by atoms with E-state index in [9.17, 15) is 9.59 Å².